The van der Waals surface area contributed by atoms with Crippen molar-refractivity contribution >= 4 is 34.8 Å². The van der Waals surface area contributed by atoms with E-state index in [0.29, 0.717) is 38.4 Å². The number of nitrogens with one attached hydrogen (secondary N) is 2. The summed E-state index contributed by atoms with van der Waals surface area (Å²) >= 11 is 0. The Labute approximate surface area is 241 Å². The summed E-state index contributed by atoms with van der Waals surface area (Å²) in [7, 11) is 1.06. The fraction of sp³-hybridized carbons (Fsp3) is 0.259. The molecule has 1 aliphatic heterocycles. The van der Waals surface area contributed by atoms with Gasteiger partial charge in [0.15, 0.2) is 5.84 Å². The topological polar surface area (TPSA) is 127 Å². The minimum absolute atomic E-state index is 0.0303. The highest BCUT2D eigenvalue weighted by Crippen LogP contribution is 2.39. The average molecular weight is 610 g/mol. The Balaban J connectivity index is 1.72. The van der Waals surface area contributed by atoms with Crippen LogP contribution in [0.5, 0.6) is 5.75 Å². The molecule has 0 saturated carbocycles. The molecule has 0 bridgehead atoms. The third-order valence-electron chi connectivity index (χ3n) is 6.14. The van der Waals surface area contributed by atoms with Crippen LogP contribution in [-0.4, -0.2) is 55.1 Å². The minimum Gasteiger partial charge on any atom is -0.496 e. The number of hydrogen-bond acceptors (Lipinski definition) is 8. The maximum Gasteiger partial charge on any atom is 0.420 e. The van der Waals surface area contributed by atoms with Crippen LogP contribution in [0.1, 0.15) is 27.2 Å². The molecule has 2 heterocycles. The minimum atomic E-state index is -4.89. The van der Waals surface area contributed by atoms with E-state index in [4.69, 9.17) is 15.2 Å². The summed E-state index contributed by atoms with van der Waals surface area (Å²) in [5.74, 6) is -1.66. The van der Waals surface area contributed by atoms with Gasteiger partial charge in [-0.25, -0.2) is 15.0 Å². The molecule has 0 aliphatic carbocycles. The van der Waals surface area contributed by atoms with Gasteiger partial charge in [-0.1, -0.05) is 6.58 Å². The van der Waals surface area contributed by atoms with E-state index < -0.39 is 46.7 Å². The van der Waals surface area contributed by atoms with Gasteiger partial charge >= 0.3 is 12.4 Å². The number of nitrogens with two attached hydrogens (primary N) is 1. The molecule has 228 valence electrons. The van der Waals surface area contributed by atoms with Crippen molar-refractivity contribution in [3.05, 3.63) is 77.8 Å². The fourth-order valence-electron chi connectivity index (χ4n) is 4.10. The van der Waals surface area contributed by atoms with Crippen LogP contribution in [0.25, 0.3) is 0 Å². The Hall–Kier alpha value is -4.86. The first-order chi connectivity index (χ1) is 20.3. The zero-order valence-electron chi connectivity index (χ0n) is 22.5. The van der Waals surface area contributed by atoms with E-state index in [9.17, 15) is 31.1 Å². The number of aliphatic imine (C=N–C) groups is 1. The normalized spacial score (nSPS) is 14.3. The SMILES string of the molecule is C=CNc1cnc(N2CCOCC2)nc1C(N)=Nc1cc(C(=O)Nc2ccc(OC)c(C(F)(F)F)c2)ccc1C(F)(F)F. The summed E-state index contributed by atoms with van der Waals surface area (Å²) < 4.78 is 92.0. The summed E-state index contributed by atoms with van der Waals surface area (Å²) in [5.41, 5.74) is 2.66. The summed E-state index contributed by atoms with van der Waals surface area (Å²) in [6, 6.07) is 5.12. The Bertz CT molecular complexity index is 1540. The Morgan fingerprint density at radius 1 is 1.09 bits per heavy atom. The van der Waals surface area contributed by atoms with Crippen LogP contribution in [0.3, 0.4) is 0 Å². The number of anilines is 3. The number of morpholine rings is 1. The van der Waals surface area contributed by atoms with Crippen molar-refractivity contribution in [1.82, 2.24) is 9.97 Å². The van der Waals surface area contributed by atoms with Crippen LogP contribution in [0, 0.1) is 0 Å². The fourth-order valence-corrected chi connectivity index (χ4v) is 4.10. The number of nitrogens with zero attached hydrogens (tertiary/aromatic N) is 4. The standard InChI is InChI=1S/C27H25F6N7O3/c1-3-35-20-14-36-25(40-8-10-43-11-9-40)39-22(20)23(34)38-19-12-15(4-6-17(19)26(28,29)30)24(41)37-16-5-7-21(42-2)18(13-16)27(31,32)33/h3-7,12-14,35H,1,8-11H2,2H3,(H2,34,38)(H,37,41). The van der Waals surface area contributed by atoms with Crippen molar-refractivity contribution < 1.29 is 40.6 Å². The van der Waals surface area contributed by atoms with E-state index >= 15 is 0 Å². The lowest BCUT2D eigenvalue weighted by Gasteiger charge is -2.27. The highest BCUT2D eigenvalue weighted by Gasteiger charge is 2.36. The number of rotatable bonds is 8. The van der Waals surface area contributed by atoms with E-state index in [1.807, 2.05) is 0 Å². The van der Waals surface area contributed by atoms with E-state index in [-0.39, 0.29) is 28.6 Å². The first-order valence-electron chi connectivity index (χ1n) is 12.5. The van der Waals surface area contributed by atoms with Crippen molar-refractivity contribution in [1.29, 1.82) is 0 Å². The van der Waals surface area contributed by atoms with Crippen molar-refractivity contribution in [2.24, 2.45) is 10.7 Å². The number of aromatic nitrogens is 2. The van der Waals surface area contributed by atoms with E-state index in [0.717, 1.165) is 31.4 Å². The number of carbonyl (C=O) groups excluding carboxylic acids is 1. The third kappa shape index (κ3) is 7.32. The molecule has 4 N–H and O–H groups in total. The number of amidine groups is 1. The summed E-state index contributed by atoms with van der Waals surface area (Å²) in [6.07, 6.45) is -7.02. The highest BCUT2D eigenvalue weighted by atomic mass is 19.4. The zero-order chi connectivity index (χ0) is 31.4. The zero-order valence-corrected chi connectivity index (χ0v) is 22.5. The van der Waals surface area contributed by atoms with Crippen molar-refractivity contribution in [3.8, 4) is 5.75 Å². The molecule has 0 radical (unpaired) electrons. The van der Waals surface area contributed by atoms with Gasteiger partial charge in [0.2, 0.25) is 5.95 Å². The van der Waals surface area contributed by atoms with Crippen molar-refractivity contribution in [2.45, 2.75) is 12.4 Å². The Morgan fingerprint density at radius 3 is 2.42 bits per heavy atom. The summed E-state index contributed by atoms with van der Waals surface area (Å²) in [6.45, 7) is 5.34. The summed E-state index contributed by atoms with van der Waals surface area (Å²) in [5, 5.41) is 5.01. The molecule has 3 aromatic rings. The van der Waals surface area contributed by atoms with E-state index in [2.05, 4.69) is 32.2 Å². The van der Waals surface area contributed by atoms with Gasteiger partial charge in [0.1, 0.15) is 11.4 Å². The van der Waals surface area contributed by atoms with Crippen LogP contribution in [-0.2, 0) is 17.1 Å². The van der Waals surface area contributed by atoms with Crippen LogP contribution in [0.2, 0.25) is 0 Å². The molecule has 43 heavy (non-hydrogen) atoms. The quantitative estimate of drug-likeness (QED) is 0.181. The first kappa shape index (κ1) is 31.1. The van der Waals surface area contributed by atoms with Gasteiger partial charge < -0.3 is 30.7 Å². The molecular weight excluding hydrogens is 584 g/mol. The van der Waals surface area contributed by atoms with Gasteiger partial charge in [0.25, 0.3) is 5.91 Å². The molecule has 10 nitrogen and oxygen atoms in total. The second-order valence-corrected chi connectivity index (χ2v) is 8.97. The molecule has 1 saturated heterocycles. The molecule has 0 unspecified atom stereocenters. The number of methoxy groups -OCH3 is 1. The Kier molecular flexibility index (Phi) is 9.08. The number of carbonyl (C=O) groups is 1. The van der Waals surface area contributed by atoms with Crippen LogP contribution < -0.4 is 26.0 Å². The van der Waals surface area contributed by atoms with Gasteiger partial charge in [0.05, 0.1) is 49.0 Å². The molecule has 1 aliphatic rings. The van der Waals surface area contributed by atoms with Gasteiger partial charge in [-0.2, -0.15) is 26.3 Å². The second-order valence-electron chi connectivity index (χ2n) is 8.97. The number of hydrogen-bond donors (Lipinski definition) is 3. The molecule has 0 atom stereocenters. The van der Waals surface area contributed by atoms with Crippen LogP contribution >= 0.6 is 0 Å². The highest BCUT2D eigenvalue weighted by molar-refractivity contribution is 6.06. The van der Waals surface area contributed by atoms with Gasteiger partial charge in [-0.15, -0.1) is 0 Å². The van der Waals surface area contributed by atoms with Crippen molar-refractivity contribution in [3.63, 3.8) is 0 Å². The van der Waals surface area contributed by atoms with E-state index in [1.165, 1.54) is 12.4 Å². The number of alkyl halides is 6. The van der Waals surface area contributed by atoms with Crippen LogP contribution in [0.15, 0.2) is 60.4 Å². The predicted octanol–water partition coefficient (Wildman–Crippen LogP) is 5.20. The van der Waals surface area contributed by atoms with Crippen LogP contribution in [0.4, 0.5) is 49.4 Å². The molecule has 1 amide bonds. The van der Waals surface area contributed by atoms with Gasteiger partial charge in [0, 0.05) is 24.3 Å². The third-order valence-corrected chi connectivity index (χ3v) is 6.14. The largest absolute Gasteiger partial charge is 0.496 e. The molecule has 1 aromatic heterocycles. The molecule has 1 fully saturated rings. The number of ether oxygens (including phenoxy) is 2. The summed E-state index contributed by atoms with van der Waals surface area (Å²) in [4.78, 5) is 27.3. The van der Waals surface area contributed by atoms with Gasteiger partial charge in [-0.05, 0) is 42.6 Å². The molecule has 16 heteroatoms. The Morgan fingerprint density at radius 2 is 1.79 bits per heavy atom. The number of benzene rings is 2. The smallest absolute Gasteiger partial charge is 0.420 e. The maximum atomic E-state index is 13.9. The molecule has 2 aromatic carbocycles. The molecular formula is C27H25F6N7O3. The lowest BCUT2D eigenvalue weighted by molar-refractivity contribution is -0.139. The monoisotopic (exact) mass is 609 g/mol. The average Bonchev–Trinajstić information content (AvgIpc) is 2.96. The second kappa shape index (κ2) is 12.6. The van der Waals surface area contributed by atoms with Gasteiger partial charge in [-0.3, -0.25) is 4.79 Å². The lowest BCUT2D eigenvalue weighted by Crippen LogP contribution is -2.37. The molecule has 4 rings (SSSR count). The maximum absolute atomic E-state index is 13.9. The van der Waals surface area contributed by atoms with Crippen molar-refractivity contribution in [2.75, 3.05) is 48.9 Å². The predicted molar refractivity (Wildman–Crippen MR) is 147 cm³/mol. The number of amides is 1. The van der Waals surface area contributed by atoms with E-state index in [1.54, 1.807) is 4.90 Å². The lowest BCUT2D eigenvalue weighted by atomic mass is 10.1. The first-order valence-corrected chi connectivity index (χ1v) is 12.5. The molecule has 0 spiro atoms. The number of halogens is 6.